The molecule has 0 aromatic heterocycles. The smallest absolute Gasteiger partial charge is 0.217 e. The van der Waals surface area contributed by atoms with Crippen LogP contribution in [0.2, 0.25) is 0 Å². The van der Waals surface area contributed by atoms with E-state index in [4.69, 9.17) is 0 Å². The summed E-state index contributed by atoms with van der Waals surface area (Å²) < 4.78 is 0. The standard InChI is InChI=1S/C19H28N2O/c1-14(22)20-17-9-11-18(12-10-17)21-19-8-7-16(13-19)15-5-3-2-4-6-15/h2-6,16-19,21H,7-13H2,1H3,(H,20,22)/t16-,17?,18?,19+/m0/s1. The van der Waals surface area contributed by atoms with Crippen LogP contribution in [0.25, 0.3) is 0 Å². The molecule has 2 aliphatic carbocycles. The Bertz CT molecular complexity index is 479. The fourth-order valence-electron chi connectivity index (χ4n) is 4.19. The van der Waals surface area contributed by atoms with Crippen LogP contribution in [0.15, 0.2) is 30.3 Å². The van der Waals surface area contributed by atoms with Gasteiger partial charge in [-0.05, 0) is 56.4 Å². The van der Waals surface area contributed by atoms with Crippen LogP contribution in [0.1, 0.15) is 63.4 Å². The van der Waals surface area contributed by atoms with E-state index < -0.39 is 0 Å². The first-order valence-electron chi connectivity index (χ1n) is 8.79. The number of hydrogen-bond acceptors (Lipinski definition) is 2. The minimum atomic E-state index is 0.109. The number of nitrogens with one attached hydrogen (secondary N) is 2. The Morgan fingerprint density at radius 1 is 0.909 bits per heavy atom. The highest BCUT2D eigenvalue weighted by Gasteiger charge is 2.29. The van der Waals surface area contributed by atoms with E-state index in [2.05, 4.69) is 41.0 Å². The summed E-state index contributed by atoms with van der Waals surface area (Å²) in [6.07, 6.45) is 8.50. The van der Waals surface area contributed by atoms with Gasteiger partial charge in [0.05, 0.1) is 0 Å². The lowest BCUT2D eigenvalue weighted by Crippen LogP contribution is -2.44. The molecular weight excluding hydrogens is 272 g/mol. The topological polar surface area (TPSA) is 41.1 Å². The lowest BCUT2D eigenvalue weighted by molar-refractivity contribution is -0.119. The second kappa shape index (κ2) is 7.28. The van der Waals surface area contributed by atoms with E-state index in [1.54, 1.807) is 6.92 Å². The Kier molecular flexibility index (Phi) is 5.14. The summed E-state index contributed by atoms with van der Waals surface area (Å²) in [4.78, 5) is 11.1. The molecule has 2 N–H and O–H groups in total. The van der Waals surface area contributed by atoms with Crippen molar-refractivity contribution >= 4 is 5.91 Å². The van der Waals surface area contributed by atoms with Gasteiger partial charge in [-0.15, -0.1) is 0 Å². The number of amides is 1. The molecular formula is C19H28N2O. The summed E-state index contributed by atoms with van der Waals surface area (Å²) in [7, 11) is 0. The molecule has 0 unspecified atom stereocenters. The van der Waals surface area contributed by atoms with Crippen molar-refractivity contribution in [3.8, 4) is 0 Å². The third-order valence-corrected chi connectivity index (χ3v) is 5.31. The molecule has 0 radical (unpaired) electrons. The third kappa shape index (κ3) is 4.10. The van der Waals surface area contributed by atoms with Crippen LogP contribution in [0.5, 0.6) is 0 Å². The molecule has 0 saturated heterocycles. The first kappa shape index (κ1) is 15.5. The van der Waals surface area contributed by atoms with Gasteiger partial charge in [-0.3, -0.25) is 4.79 Å². The maximum absolute atomic E-state index is 11.1. The van der Waals surface area contributed by atoms with E-state index in [0.717, 1.165) is 18.8 Å². The van der Waals surface area contributed by atoms with E-state index in [9.17, 15) is 4.79 Å². The van der Waals surface area contributed by atoms with Crippen LogP contribution < -0.4 is 10.6 Å². The molecule has 2 fully saturated rings. The summed E-state index contributed by atoms with van der Waals surface area (Å²) in [5, 5.41) is 6.94. The van der Waals surface area contributed by atoms with Crippen LogP contribution in [-0.4, -0.2) is 24.0 Å². The van der Waals surface area contributed by atoms with Gasteiger partial charge in [-0.1, -0.05) is 30.3 Å². The second-order valence-corrected chi connectivity index (χ2v) is 7.03. The zero-order valence-electron chi connectivity index (χ0n) is 13.6. The highest BCUT2D eigenvalue weighted by Crippen LogP contribution is 2.35. The van der Waals surface area contributed by atoms with Crippen molar-refractivity contribution in [1.29, 1.82) is 0 Å². The molecule has 2 atom stereocenters. The van der Waals surface area contributed by atoms with Crippen molar-refractivity contribution in [2.45, 2.75) is 75.9 Å². The van der Waals surface area contributed by atoms with E-state index in [0.29, 0.717) is 18.1 Å². The second-order valence-electron chi connectivity index (χ2n) is 7.03. The molecule has 3 heteroatoms. The molecule has 0 heterocycles. The van der Waals surface area contributed by atoms with Crippen LogP contribution >= 0.6 is 0 Å². The van der Waals surface area contributed by atoms with E-state index in [-0.39, 0.29) is 5.91 Å². The molecule has 0 aliphatic heterocycles. The summed E-state index contributed by atoms with van der Waals surface area (Å²) in [5.74, 6) is 0.840. The van der Waals surface area contributed by atoms with Gasteiger partial charge in [-0.2, -0.15) is 0 Å². The Morgan fingerprint density at radius 2 is 1.55 bits per heavy atom. The predicted octanol–water partition coefficient (Wildman–Crippen LogP) is 3.36. The minimum absolute atomic E-state index is 0.109. The number of hydrogen-bond donors (Lipinski definition) is 2. The molecule has 1 aromatic rings. The van der Waals surface area contributed by atoms with E-state index >= 15 is 0 Å². The quantitative estimate of drug-likeness (QED) is 0.895. The fraction of sp³-hybridized carbons (Fsp3) is 0.632. The molecule has 3 rings (SSSR count). The Labute approximate surface area is 133 Å². The Morgan fingerprint density at radius 3 is 2.23 bits per heavy atom. The zero-order valence-corrected chi connectivity index (χ0v) is 13.6. The van der Waals surface area contributed by atoms with Crippen LogP contribution in [-0.2, 0) is 4.79 Å². The predicted molar refractivity (Wildman–Crippen MR) is 89.8 cm³/mol. The molecule has 120 valence electrons. The average molecular weight is 300 g/mol. The van der Waals surface area contributed by atoms with Gasteiger partial charge in [0, 0.05) is 25.0 Å². The van der Waals surface area contributed by atoms with E-state index in [1.165, 1.54) is 37.7 Å². The van der Waals surface area contributed by atoms with Gasteiger partial charge in [0.15, 0.2) is 0 Å². The van der Waals surface area contributed by atoms with Gasteiger partial charge in [0.1, 0.15) is 0 Å². The minimum Gasteiger partial charge on any atom is -0.354 e. The summed E-state index contributed by atoms with van der Waals surface area (Å²) in [6.45, 7) is 1.62. The van der Waals surface area contributed by atoms with Crippen LogP contribution in [0.3, 0.4) is 0 Å². The summed E-state index contributed by atoms with van der Waals surface area (Å²) >= 11 is 0. The third-order valence-electron chi connectivity index (χ3n) is 5.31. The maximum atomic E-state index is 11.1. The number of rotatable bonds is 4. The van der Waals surface area contributed by atoms with Crippen LogP contribution in [0, 0.1) is 0 Å². The van der Waals surface area contributed by atoms with Gasteiger partial charge in [0.2, 0.25) is 5.91 Å². The monoisotopic (exact) mass is 300 g/mol. The Balaban J connectivity index is 1.43. The van der Waals surface area contributed by atoms with Crippen molar-refractivity contribution in [1.82, 2.24) is 10.6 Å². The number of carbonyl (C=O) groups is 1. The van der Waals surface area contributed by atoms with Gasteiger partial charge in [-0.25, -0.2) is 0 Å². The molecule has 22 heavy (non-hydrogen) atoms. The van der Waals surface area contributed by atoms with Crippen LogP contribution in [0.4, 0.5) is 0 Å². The van der Waals surface area contributed by atoms with Crippen molar-refractivity contribution in [2.24, 2.45) is 0 Å². The molecule has 0 bridgehead atoms. The number of benzene rings is 1. The zero-order chi connectivity index (χ0) is 15.4. The molecule has 1 amide bonds. The van der Waals surface area contributed by atoms with Gasteiger partial charge >= 0.3 is 0 Å². The summed E-state index contributed by atoms with van der Waals surface area (Å²) in [6, 6.07) is 12.7. The maximum Gasteiger partial charge on any atom is 0.217 e. The lowest BCUT2D eigenvalue weighted by Gasteiger charge is -2.31. The SMILES string of the molecule is CC(=O)NC1CCC(N[C@@H]2CC[C@H](c3ccccc3)C2)CC1. The molecule has 2 aliphatic rings. The average Bonchev–Trinajstić information content (AvgIpc) is 2.98. The largest absolute Gasteiger partial charge is 0.354 e. The normalized spacial score (nSPS) is 31.9. The first-order valence-corrected chi connectivity index (χ1v) is 8.79. The molecule has 2 saturated carbocycles. The molecule has 1 aromatic carbocycles. The highest BCUT2D eigenvalue weighted by molar-refractivity contribution is 5.73. The molecule has 3 nitrogen and oxygen atoms in total. The fourth-order valence-corrected chi connectivity index (χ4v) is 4.19. The van der Waals surface area contributed by atoms with Gasteiger partial charge < -0.3 is 10.6 Å². The number of carbonyl (C=O) groups excluding carboxylic acids is 1. The van der Waals surface area contributed by atoms with Crippen molar-refractivity contribution in [3.63, 3.8) is 0 Å². The Hall–Kier alpha value is -1.35. The van der Waals surface area contributed by atoms with E-state index in [1.807, 2.05) is 0 Å². The molecule has 0 spiro atoms. The van der Waals surface area contributed by atoms with Crippen molar-refractivity contribution in [3.05, 3.63) is 35.9 Å². The summed E-state index contributed by atoms with van der Waals surface area (Å²) in [5.41, 5.74) is 1.50. The lowest BCUT2D eigenvalue weighted by atomic mass is 9.90. The highest BCUT2D eigenvalue weighted by atomic mass is 16.1. The van der Waals surface area contributed by atoms with Crippen molar-refractivity contribution < 1.29 is 4.79 Å². The van der Waals surface area contributed by atoms with Gasteiger partial charge in [0.25, 0.3) is 0 Å². The van der Waals surface area contributed by atoms with Crippen molar-refractivity contribution in [2.75, 3.05) is 0 Å². The first-order chi connectivity index (χ1) is 10.7.